The Morgan fingerprint density at radius 3 is 1.93 bits per heavy atom. The average molecular weight is 438 g/mol. The highest BCUT2D eigenvalue weighted by Crippen LogP contribution is 2.41. The topological polar surface area (TPSA) is 35.5 Å². The second kappa shape index (κ2) is 9.59. The van der Waals surface area contributed by atoms with Crippen LogP contribution in [0.5, 0.6) is 5.75 Å². The highest BCUT2D eigenvalue weighted by molar-refractivity contribution is 7.66. The lowest BCUT2D eigenvalue weighted by Crippen LogP contribution is -2.19. The van der Waals surface area contributed by atoms with Crippen molar-refractivity contribution in [3.8, 4) is 5.75 Å². The maximum absolute atomic E-state index is 13.2. The Balaban J connectivity index is 2.24. The number of hydrogen-bond donors (Lipinski definition) is 0. The Labute approximate surface area is 164 Å². The molecule has 10 heteroatoms. The summed E-state index contributed by atoms with van der Waals surface area (Å²) < 4.78 is 89.7. The Hall–Kier alpha value is -2.12. The summed E-state index contributed by atoms with van der Waals surface area (Å²) >= 11 is 0. The van der Waals surface area contributed by atoms with Gasteiger partial charge in [-0.05, 0) is 45.1 Å². The van der Waals surface area contributed by atoms with Crippen LogP contribution in [-0.4, -0.2) is 25.3 Å². The lowest BCUT2D eigenvalue weighted by Gasteiger charge is -2.17. The fourth-order valence-electron chi connectivity index (χ4n) is 2.46. The van der Waals surface area contributed by atoms with E-state index in [-0.39, 0.29) is 11.9 Å². The van der Waals surface area contributed by atoms with Crippen LogP contribution in [0.2, 0.25) is 0 Å². The van der Waals surface area contributed by atoms with Crippen LogP contribution in [0.4, 0.5) is 26.3 Å². The number of halogens is 6. The van der Waals surface area contributed by atoms with E-state index in [9.17, 15) is 31.1 Å². The third-order valence-electron chi connectivity index (χ3n) is 3.72. The minimum Gasteiger partial charge on any atom is -0.491 e. The molecule has 0 amide bonds. The minimum atomic E-state index is -5.09. The Morgan fingerprint density at radius 1 is 0.897 bits per heavy atom. The third kappa shape index (κ3) is 6.44. The first kappa shape index (κ1) is 23.2. The zero-order valence-electron chi connectivity index (χ0n) is 15.2. The Kier molecular flexibility index (Phi) is 7.66. The predicted octanol–water partition coefficient (Wildman–Crippen LogP) is 5.28. The van der Waals surface area contributed by atoms with Crippen molar-refractivity contribution in [2.75, 3.05) is 19.8 Å². The summed E-state index contributed by atoms with van der Waals surface area (Å²) in [6, 6.07) is 7.42. The van der Waals surface area contributed by atoms with E-state index >= 15 is 0 Å². The Bertz CT molecular complexity index is 799. The second-order valence-electron chi connectivity index (χ2n) is 5.75. The molecule has 0 saturated heterocycles. The summed E-state index contributed by atoms with van der Waals surface area (Å²) in [6.07, 6.45) is -10.2. The van der Waals surface area contributed by atoms with Crippen molar-refractivity contribution in [2.24, 2.45) is 0 Å². The summed E-state index contributed by atoms with van der Waals surface area (Å²) in [5.74, 6) is 0.442. The van der Waals surface area contributed by atoms with Gasteiger partial charge in [0.25, 0.3) is 0 Å². The summed E-state index contributed by atoms with van der Waals surface area (Å²) in [5, 5.41) is 0.289. The first-order chi connectivity index (χ1) is 13.5. The maximum Gasteiger partial charge on any atom is 0.417 e. The standard InChI is InChI=1S/C19H17F6O3P/c1-2-27-10-11-28-12-6-8-13(9-7-12)29-17(26)16-14(18(20,21)22)4-3-5-15(16)19(23,24)25/h3-9,29H,2,10-11H2,1H3. The van der Waals surface area contributed by atoms with Crippen LogP contribution >= 0.6 is 8.58 Å². The van der Waals surface area contributed by atoms with Gasteiger partial charge in [-0.25, -0.2) is 0 Å². The molecule has 2 aromatic carbocycles. The molecule has 2 aromatic rings. The molecule has 0 N–H and O–H groups in total. The maximum atomic E-state index is 13.2. The highest BCUT2D eigenvalue weighted by atomic mass is 31.1. The van der Waals surface area contributed by atoms with Gasteiger partial charge in [0.15, 0.2) is 5.52 Å². The van der Waals surface area contributed by atoms with Crippen LogP contribution < -0.4 is 10.0 Å². The lowest BCUT2D eigenvalue weighted by molar-refractivity contribution is -0.143. The average Bonchev–Trinajstić information content (AvgIpc) is 2.64. The smallest absolute Gasteiger partial charge is 0.417 e. The Morgan fingerprint density at radius 2 is 1.45 bits per heavy atom. The number of ether oxygens (including phenoxy) is 2. The first-order valence-corrected chi connectivity index (χ1v) is 9.43. The molecule has 0 aliphatic heterocycles. The molecular formula is C19H17F6O3P. The fourth-order valence-corrected chi connectivity index (χ4v) is 3.45. The zero-order chi connectivity index (χ0) is 21.7. The molecule has 0 heterocycles. The molecule has 0 aliphatic rings. The molecule has 3 nitrogen and oxygen atoms in total. The lowest BCUT2D eigenvalue weighted by atomic mass is 10.0. The van der Waals surface area contributed by atoms with Gasteiger partial charge in [-0.1, -0.05) is 18.2 Å². The van der Waals surface area contributed by atoms with E-state index in [2.05, 4.69) is 0 Å². The molecule has 2 rings (SSSR count). The quantitative estimate of drug-likeness (QED) is 0.320. The van der Waals surface area contributed by atoms with Gasteiger partial charge in [-0.2, -0.15) is 26.3 Å². The zero-order valence-corrected chi connectivity index (χ0v) is 16.2. The van der Waals surface area contributed by atoms with E-state index in [1.807, 2.05) is 6.92 Å². The molecule has 0 bridgehead atoms. The number of benzene rings is 2. The van der Waals surface area contributed by atoms with Gasteiger partial charge in [-0.3, -0.25) is 4.79 Å². The SMILES string of the molecule is CCOCCOc1ccc(PC(=O)c2c(C(F)(F)F)cccc2C(F)(F)F)cc1. The van der Waals surface area contributed by atoms with Crippen LogP contribution in [0, 0.1) is 0 Å². The van der Waals surface area contributed by atoms with Gasteiger partial charge in [0, 0.05) is 12.2 Å². The van der Waals surface area contributed by atoms with Crippen molar-refractivity contribution in [1.29, 1.82) is 0 Å². The second-order valence-corrected chi connectivity index (χ2v) is 7.03. The van der Waals surface area contributed by atoms with Crippen molar-refractivity contribution in [3.63, 3.8) is 0 Å². The summed E-state index contributed by atoms with van der Waals surface area (Å²) in [6.45, 7) is 3.01. The summed E-state index contributed by atoms with van der Waals surface area (Å²) in [7, 11) is -0.914. The van der Waals surface area contributed by atoms with E-state index in [0.717, 1.165) is 0 Å². The van der Waals surface area contributed by atoms with E-state index in [0.29, 0.717) is 37.2 Å². The van der Waals surface area contributed by atoms with Crippen molar-refractivity contribution < 1.29 is 40.6 Å². The molecule has 0 saturated carbocycles. The molecule has 0 aromatic heterocycles. The van der Waals surface area contributed by atoms with E-state index in [4.69, 9.17) is 9.47 Å². The third-order valence-corrected chi connectivity index (χ3v) is 4.81. The number of hydrogen-bond acceptors (Lipinski definition) is 3. The molecule has 29 heavy (non-hydrogen) atoms. The number of rotatable bonds is 8. The van der Waals surface area contributed by atoms with Crippen molar-refractivity contribution >= 4 is 19.4 Å². The molecule has 0 radical (unpaired) electrons. The molecule has 158 valence electrons. The van der Waals surface area contributed by atoms with Crippen LogP contribution in [0.3, 0.4) is 0 Å². The van der Waals surface area contributed by atoms with E-state index in [1.54, 1.807) is 0 Å². The molecule has 0 fully saturated rings. The van der Waals surface area contributed by atoms with Crippen molar-refractivity contribution in [3.05, 3.63) is 59.2 Å². The van der Waals surface area contributed by atoms with Crippen molar-refractivity contribution in [2.45, 2.75) is 19.3 Å². The van der Waals surface area contributed by atoms with E-state index < -0.39 is 43.1 Å². The largest absolute Gasteiger partial charge is 0.491 e. The normalized spacial score (nSPS) is 12.5. The van der Waals surface area contributed by atoms with E-state index in [1.165, 1.54) is 24.3 Å². The van der Waals surface area contributed by atoms with Gasteiger partial charge in [0.1, 0.15) is 12.4 Å². The molecule has 1 atom stereocenters. The van der Waals surface area contributed by atoms with Gasteiger partial charge in [-0.15, -0.1) is 0 Å². The number of carbonyl (C=O) groups excluding carboxylic acids is 1. The van der Waals surface area contributed by atoms with Crippen LogP contribution in [0.25, 0.3) is 0 Å². The molecular weight excluding hydrogens is 421 g/mol. The minimum absolute atomic E-state index is 0.280. The summed E-state index contributed by atoms with van der Waals surface area (Å²) in [5.41, 5.74) is -5.79. The molecule has 1 unspecified atom stereocenters. The number of carbonyl (C=O) groups is 1. The number of alkyl halides is 6. The first-order valence-electron chi connectivity index (χ1n) is 8.43. The van der Waals surface area contributed by atoms with Crippen LogP contribution in [0.1, 0.15) is 28.4 Å². The fraction of sp³-hybridized carbons (Fsp3) is 0.316. The van der Waals surface area contributed by atoms with Crippen molar-refractivity contribution in [1.82, 2.24) is 0 Å². The van der Waals surface area contributed by atoms with Gasteiger partial charge >= 0.3 is 12.4 Å². The van der Waals surface area contributed by atoms with Gasteiger partial charge < -0.3 is 9.47 Å². The predicted molar refractivity (Wildman–Crippen MR) is 97.2 cm³/mol. The molecule has 0 spiro atoms. The van der Waals surface area contributed by atoms with Crippen LogP contribution in [0.15, 0.2) is 42.5 Å². The highest BCUT2D eigenvalue weighted by Gasteiger charge is 2.42. The molecule has 0 aliphatic carbocycles. The van der Waals surface area contributed by atoms with Gasteiger partial charge in [0.05, 0.1) is 17.7 Å². The van der Waals surface area contributed by atoms with Crippen LogP contribution in [-0.2, 0) is 17.1 Å². The monoisotopic (exact) mass is 438 g/mol. The van der Waals surface area contributed by atoms with Gasteiger partial charge in [0.2, 0.25) is 0 Å². The summed E-state index contributed by atoms with van der Waals surface area (Å²) in [4.78, 5) is 12.4.